The third-order valence-electron chi connectivity index (χ3n) is 2.73. The van der Waals surface area contributed by atoms with E-state index in [2.05, 4.69) is 21.4 Å². The van der Waals surface area contributed by atoms with Gasteiger partial charge in [0.15, 0.2) is 0 Å². The summed E-state index contributed by atoms with van der Waals surface area (Å²) < 4.78 is 1.08. The first-order valence-corrected chi connectivity index (χ1v) is 6.88. The number of nitrogens with one attached hydrogen (secondary N) is 2. The Morgan fingerprint density at radius 1 is 1.25 bits per heavy atom. The third-order valence-corrected chi connectivity index (χ3v) is 3.80. The Labute approximate surface area is 120 Å². The Morgan fingerprint density at radius 2 is 2.10 bits per heavy atom. The Hall–Kier alpha value is -2.71. The van der Waals surface area contributed by atoms with Crippen LogP contribution in [0, 0.1) is 11.3 Å². The Bertz CT molecular complexity index is 766. The van der Waals surface area contributed by atoms with Crippen LogP contribution in [0.5, 0.6) is 0 Å². The topological polar surface area (TPSA) is 62.9 Å². The van der Waals surface area contributed by atoms with Crippen molar-refractivity contribution < 1.29 is 4.98 Å². The predicted octanol–water partition coefficient (Wildman–Crippen LogP) is 3.09. The number of fused-ring (bicyclic) bond motifs is 1. The van der Waals surface area contributed by atoms with Crippen molar-refractivity contribution in [1.82, 2.24) is 4.98 Å². The SMILES string of the molecule is N#C/C(=C\Nc1cccc[nH+]1)c1nc2ccccc2s1. The molecule has 0 saturated carbocycles. The number of aromatic nitrogens is 2. The molecular formula is C15H11N4S+. The minimum Gasteiger partial charge on any atom is -0.248 e. The average Bonchev–Trinajstić information content (AvgIpc) is 2.92. The average molecular weight is 279 g/mol. The maximum Gasteiger partial charge on any atom is 0.276 e. The van der Waals surface area contributed by atoms with Crippen LogP contribution in [-0.2, 0) is 0 Å². The lowest BCUT2D eigenvalue weighted by Gasteiger charge is -1.92. The number of pyridine rings is 1. The molecule has 4 nitrogen and oxygen atoms in total. The molecule has 2 heterocycles. The molecule has 5 heteroatoms. The van der Waals surface area contributed by atoms with E-state index in [-0.39, 0.29) is 0 Å². The van der Waals surface area contributed by atoms with Crippen molar-refractivity contribution in [1.29, 1.82) is 5.26 Å². The summed E-state index contributed by atoms with van der Waals surface area (Å²) in [6, 6.07) is 15.7. The van der Waals surface area contributed by atoms with E-state index >= 15 is 0 Å². The van der Waals surface area contributed by atoms with E-state index in [1.54, 1.807) is 6.20 Å². The molecular weight excluding hydrogens is 268 g/mol. The summed E-state index contributed by atoms with van der Waals surface area (Å²) in [5.41, 5.74) is 1.43. The largest absolute Gasteiger partial charge is 0.276 e. The zero-order valence-electron chi connectivity index (χ0n) is 10.5. The summed E-state index contributed by atoms with van der Waals surface area (Å²) in [4.78, 5) is 7.52. The van der Waals surface area contributed by atoms with Gasteiger partial charge < -0.3 is 0 Å². The van der Waals surface area contributed by atoms with E-state index in [4.69, 9.17) is 0 Å². The van der Waals surface area contributed by atoms with Gasteiger partial charge in [-0.2, -0.15) is 5.26 Å². The van der Waals surface area contributed by atoms with E-state index in [1.165, 1.54) is 11.3 Å². The van der Waals surface area contributed by atoms with Crippen molar-refractivity contribution in [2.75, 3.05) is 5.32 Å². The molecule has 0 radical (unpaired) electrons. The molecule has 2 N–H and O–H groups in total. The van der Waals surface area contributed by atoms with Crippen LogP contribution in [0.3, 0.4) is 0 Å². The van der Waals surface area contributed by atoms with Gasteiger partial charge in [0.1, 0.15) is 22.8 Å². The van der Waals surface area contributed by atoms with E-state index in [9.17, 15) is 5.26 Å². The van der Waals surface area contributed by atoms with Gasteiger partial charge in [0.25, 0.3) is 5.82 Å². The number of anilines is 1. The van der Waals surface area contributed by atoms with Gasteiger partial charge >= 0.3 is 0 Å². The molecule has 0 atom stereocenters. The second kappa shape index (κ2) is 5.51. The number of aromatic amines is 1. The highest BCUT2D eigenvalue weighted by molar-refractivity contribution is 7.19. The molecule has 3 rings (SSSR count). The van der Waals surface area contributed by atoms with Crippen LogP contribution in [0.15, 0.2) is 54.9 Å². The highest BCUT2D eigenvalue weighted by atomic mass is 32.1. The van der Waals surface area contributed by atoms with Crippen molar-refractivity contribution in [2.24, 2.45) is 0 Å². The molecule has 1 aromatic carbocycles. The molecule has 0 bridgehead atoms. The van der Waals surface area contributed by atoms with Crippen LogP contribution >= 0.6 is 11.3 Å². The fourth-order valence-corrected chi connectivity index (χ4v) is 2.69. The lowest BCUT2D eigenvalue weighted by Crippen LogP contribution is -2.07. The van der Waals surface area contributed by atoms with Gasteiger partial charge in [0, 0.05) is 6.07 Å². The Morgan fingerprint density at radius 3 is 2.85 bits per heavy atom. The van der Waals surface area contributed by atoms with Gasteiger partial charge in [-0.05, 0) is 18.2 Å². The first kappa shape index (κ1) is 12.3. The fraction of sp³-hybridized carbons (Fsp3) is 0. The number of hydrogen-bond acceptors (Lipinski definition) is 4. The summed E-state index contributed by atoms with van der Waals surface area (Å²) in [7, 11) is 0. The van der Waals surface area contributed by atoms with Gasteiger partial charge in [0.2, 0.25) is 0 Å². The van der Waals surface area contributed by atoms with E-state index < -0.39 is 0 Å². The monoisotopic (exact) mass is 279 g/mol. The summed E-state index contributed by atoms with van der Waals surface area (Å²) in [5.74, 6) is 0.821. The number of para-hydroxylation sites is 1. The predicted molar refractivity (Wildman–Crippen MR) is 79.8 cm³/mol. The Balaban J connectivity index is 1.91. The van der Waals surface area contributed by atoms with Crippen molar-refractivity contribution >= 4 is 32.9 Å². The number of benzene rings is 1. The molecule has 0 aliphatic rings. The number of hydrogen-bond donors (Lipinski definition) is 1. The second-order valence-electron chi connectivity index (χ2n) is 4.08. The minimum atomic E-state index is 0.517. The number of H-pyrrole nitrogens is 1. The van der Waals surface area contributed by atoms with Gasteiger partial charge in [0.05, 0.1) is 16.4 Å². The van der Waals surface area contributed by atoms with Crippen molar-refractivity contribution in [3.8, 4) is 6.07 Å². The van der Waals surface area contributed by atoms with Crippen LogP contribution in [0.2, 0.25) is 0 Å². The molecule has 0 fully saturated rings. The summed E-state index contributed by atoms with van der Waals surface area (Å²) in [6.45, 7) is 0. The van der Waals surface area contributed by atoms with E-state index in [0.717, 1.165) is 21.0 Å². The van der Waals surface area contributed by atoms with Gasteiger partial charge in [-0.15, -0.1) is 11.3 Å². The lowest BCUT2D eigenvalue weighted by atomic mass is 10.3. The maximum absolute atomic E-state index is 9.28. The number of thiazole rings is 1. The maximum atomic E-state index is 9.28. The van der Waals surface area contributed by atoms with Crippen molar-refractivity contribution in [3.63, 3.8) is 0 Å². The zero-order valence-corrected chi connectivity index (χ0v) is 11.3. The molecule has 3 aromatic rings. The van der Waals surface area contributed by atoms with Crippen LogP contribution in [0.1, 0.15) is 5.01 Å². The molecule has 0 aliphatic carbocycles. The number of rotatable bonds is 3. The van der Waals surface area contributed by atoms with E-state index in [0.29, 0.717) is 5.57 Å². The first-order valence-electron chi connectivity index (χ1n) is 6.06. The van der Waals surface area contributed by atoms with Crippen molar-refractivity contribution in [3.05, 3.63) is 59.9 Å². The van der Waals surface area contributed by atoms with Gasteiger partial charge in [-0.3, -0.25) is 0 Å². The summed E-state index contributed by atoms with van der Waals surface area (Å²) in [5, 5.41) is 13.1. The standard InChI is InChI=1S/C15H10N4S/c16-9-11(10-18-14-7-3-4-8-17-14)15-19-12-5-1-2-6-13(12)20-15/h1-8,10H,(H,17,18)/p+1/b11-10+. The minimum absolute atomic E-state index is 0.517. The zero-order chi connectivity index (χ0) is 13.8. The van der Waals surface area contributed by atoms with E-state index in [1.807, 2.05) is 48.7 Å². The number of nitrogens with zero attached hydrogens (tertiary/aromatic N) is 2. The number of nitriles is 1. The molecule has 0 amide bonds. The lowest BCUT2D eigenvalue weighted by molar-refractivity contribution is -0.360. The molecule has 2 aromatic heterocycles. The van der Waals surface area contributed by atoms with Crippen molar-refractivity contribution in [2.45, 2.75) is 0 Å². The molecule has 0 aliphatic heterocycles. The van der Waals surface area contributed by atoms with Gasteiger partial charge in [-0.25, -0.2) is 15.3 Å². The highest BCUT2D eigenvalue weighted by Crippen LogP contribution is 2.26. The fourth-order valence-electron chi connectivity index (χ4n) is 1.76. The number of allylic oxidation sites excluding steroid dienone is 1. The quantitative estimate of drug-likeness (QED) is 0.749. The molecule has 0 unspecified atom stereocenters. The normalized spacial score (nSPS) is 11.2. The third kappa shape index (κ3) is 2.51. The van der Waals surface area contributed by atoms with Crippen LogP contribution in [-0.4, -0.2) is 4.98 Å². The van der Waals surface area contributed by atoms with Crippen LogP contribution < -0.4 is 10.3 Å². The smallest absolute Gasteiger partial charge is 0.248 e. The first-order chi connectivity index (χ1) is 9.86. The Kier molecular flexibility index (Phi) is 3.40. The molecule has 0 saturated heterocycles. The highest BCUT2D eigenvalue weighted by Gasteiger charge is 2.09. The molecule has 0 spiro atoms. The second-order valence-corrected chi connectivity index (χ2v) is 5.11. The summed E-state index contributed by atoms with van der Waals surface area (Å²) in [6.07, 6.45) is 3.49. The van der Waals surface area contributed by atoms with Gasteiger partial charge in [-0.1, -0.05) is 18.2 Å². The molecule has 96 valence electrons. The summed E-state index contributed by atoms with van der Waals surface area (Å²) >= 11 is 1.51. The van der Waals surface area contributed by atoms with Crippen LogP contribution in [0.25, 0.3) is 15.8 Å². The molecule has 20 heavy (non-hydrogen) atoms. The van der Waals surface area contributed by atoms with Crippen LogP contribution in [0.4, 0.5) is 5.82 Å².